The van der Waals surface area contributed by atoms with Gasteiger partial charge in [-0.05, 0) is 30.1 Å². The lowest BCUT2D eigenvalue weighted by molar-refractivity contribution is 0.145. The van der Waals surface area contributed by atoms with Gasteiger partial charge in [-0.1, -0.05) is 47.0 Å². The van der Waals surface area contributed by atoms with Gasteiger partial charge in [0.2, 0.25) is 0 Å². The highest BCUT2D eigenvalue weighted by Crippen LogP contribution is 2.38. The standard InChI is InChI=1S/C12H24/c1-5-11-7-6-10(4)12(8-11)9(2)3/h9-12H,5-8H2,1-4H3. The summed E-state index contributed by atoms with van der Waals surface area (Å²) in [5, 5.41) is 0. The third-order valence-corrected chi connectivity index (χ3v) is 3.80. The molecule has 0 spiro atoms. The van der Waals surface area contributed by atoms with Gasteiger partial charge >= 0.3 is 0 Å². The molecule has 0 bridgehead atoms. The lowest BCUT2D eigenvalue weighted by Gasteiger charge is -2.36. The zero-order valence-electron chi connectivity index (χ0n) is 9.14. The normalized spacial score (nSPS) is 37.2. The fraction of sp³-hybridized carbons (Fsp3) is 1.00. The van der Waals surface area contributed by atoms with Crippen LogP contribution >= 0.6 is 0 Å². The minimum absolute atomic E-state index is 0.898. The Morgan fingerprint density at radius 2 is 1.92 bits per heavy atom. The molecule has 3 atom stereocenters. The first-order valence-corrected chi connectivity index (χ1v) is 5.65. The molecule has 1 aliphatic rings. The lowest BCUT2D eigenvalue weighted by Crippen LogP contribution is -2.26. The van der Waals surface area contributed by atoms with Crippen molar-refractivity contribution in [1.29, 1.82) is 0 Å². The zero-order chi connectivity index (χ0) is 9.14. The predicted octanol–water partition coefficient (Wildman–Crippen LogP) is 4.10. The van der Waals surface area contributed by atoms with Crippen LogP contribution in [0.1, 0.15) is 53.4 Å². The summed E-state index contributed by atoms with van der Waals surface area (Å²) in [6.07, 6.45) is 5.85. The van der Waals surface area contributed by atoms with Crippen molar-refractivity contribution in [2.24, 2.45) is 23.7 Å². The van der Waals surface area contributed by atoms with Crippen molar-refractivity contribution in [3.63, 3.8) is 0 Å². The Morgan fingerprint density at radius 3 is 2.42 bits per heavy atom. The van der Waals surface area contributed by atoms with E-state index in [1.807, 2.05) is 0 Å². The number of hydrogen-bond acceptors (Lipinski definition) is 0. The number of rotatable bonds is 2. The molecule has 1 fully saturated rings. The van der Waals surface area contributed by atoms with Gasteiger partial charge in [0.15, 0.2) is 0 Å². The van der Waals surface area contributed by atoms with Gasteiger partial charge in [-0.25, -0.2) is 0 Å². The maximum absolute atomic E-state index is 2.44. The summed E-state index contributed by atoms with van der Waals surface area (Å²) in [7, 11) is 0. The highest BCUT2D eigenvalue weighted by atomic mass is 14.3. The summed E-state index contributed by atoms with van der Waals surface area (Å²) in [6, 6.07) is 0. The van der Waals surface area contributed by atoms with E-state index in [1.165, 1.54) is 25.7 Å². The molecule has 0 amide bonds. The smallest absolute Gasteiger partial charge is 0.0363 e. The van der Waals surface area contributed by atoms with E-state index < -0.39 is 0 Å². The van der Waals surface area contributed by atoms with Gasteiger partial charge in [-0.2, -0.15) is 0 Å². The third-order valence-electron chi connectivity index (χ3n) is 3.80. The minimum atomic E-state index is 0.898. The summed E-state index contributed by atoms with van der Waals surface area (Å²) < 4.78 is 0. The van der Waals surface area contributed by atoms with Crippen LogP contribution in [-0.2, 0) is 0 Å². The Morgan fingerprint density at radius 1 is 1.25 bits per heavy atom. The van der Waals surface area contributed by atoms with E-state index in [0.29, 0.717) is 0 Å². The molecule has 3 unspecified atom stereocenters. The summed E-state index contributed by atoms with van der Waals surface area (Å²) in [5.74, 6) is 3.92. The first-order valence-electron chi connectivity index (χ1n) is 5.65. The molecule has 0 aromatic carbocycles. The highest BCUT2D eigenvalue weighted by Gasteiger charge is 2.28. The summed E-state index contributed by atoms with van der Waals surface area (Å²) in [5.41, 5.74) is 0. The van der Waals surface area contributed by atoms with Crippen LogP contribution in [0.15, 0.2) is 0 Å². The van der Waals surface area contributed by atoms with Gasteiger partial charge in [0.05, 0.1) is 0 Å². The van der Waals surface area contributed by atoms with Gasteiger partial charge in [0.25, 0.3) is 0 Å². The van der Waals surface area contributed by atoms with E-state index in [0.717, 1.165) is 23.7 Å². The Balaban J connectivity index is 2.47. The van der Waals surface area contributed by atoms with Crippen LogP contribution in [-0.4, -0.2) is 0 Å². The van der Waals surface area contributed by atoms with Gasteiger partial charge in [0, 0.05) is 0 Å². The van der Waals surface area contributed by atoms with Crippen molar-refractivity contribution in [1.82, 2.24) is 0 Å². The maximum Gasteiger partial charge on any atom is -0.0363 e. The molecule has 0 saturated heterocycles. The van der Waals surface area contributed by atoms with Crippen molar-refractivity contribution >= 4 is 0 Å². The molecule has 0 N–H and O–H groups in total. The van der Waals surface area contributed by atoms with Crippen LogP contribution in [0.2, 0.25) is 0 Å². The molecule has 0 radical (unpaired) electrons. The molecule has 72 valence electrons. The summed E-state index contributed by atoms with van der Waals surface area (Å²) >= 11 is 0. The SMILES string of the molecule is CCC1CCC(C)C(C(C)C)C1. The first kappa shape index (κ1) is 10.1. The van der Waals surface area contributed by atoms with Crippen LogP contribution in [0.3, 0.4) is 0 Å². The van der Waals surface area contributed by atoms with Gasteiger partial charge in [-0.15, -0.1) is 0 Å². The third kappa shape index (κ3) is 2.24. The second-order valence-electron chi connectivity index (χ2n) is 4.97. The molecular formula is C12H24. The Hall–Kier alpha value is 0. The van der Waals surface area contributed by atoms with Gasteiger partial charge in [-0.3, -0.25) is 0 Å². The van der Waals surface area contributed by atoms with Gasteiger partial charge < -0.3 is 0 Å². The van der Waals surface area contributed by atoms with Crippen LogP contribution < -0.4 is 0 Å². The van der Waals surface area contributed by atoms with Gasteiger partial charge in [0.1, 0.15) is 0 Å². The fourth-order valence-electron chi connectivity index (χ4n) is 2.75. The van der Waals surface area contributed by atoms with Crippen molar-refractivity contribution < 1.29 is 0 Å². The average Bonchev–Trinajstić information content (AvgIpc) is 2.05. The van der Waals surface area contributed by atoms with E-state index in [-0.39, 0.29) is 0 Å². The van der Waals surface area contributed by atoms with Crippen LogP contribution in [0, 0.1) is 23.7 Å². The molecule has 0 aliphatic heterocycles. The van der Waals surface area contributed by atoms with Crippen LogP contribution in [0.25, 0.3) is 0 Å². The summed E-state index contributed by atoms with van der Waals surface area (Å²) in [6.45, 7) is 9.56. The molecule has 0 aromatic rings. The van der Waals surface area contributed by atoms with Crippen molar-refractivity contribution in [3.05, 3.63) is 0 Å². The lowest BCUT2D eigenvalue weighted by atomic mass is 9.70. The Labute approximate surface area is 77.7 Å². The minimum Gasteiger partial charge on any atom is -0.0651 e. The monoisotopic (exact) mass is 168 g/mol. The topological polar surface area (TPSA) is 0 Å². The molecule has 0 heterocycles. The molecule has 0 aromatic heterocycles. The highest BCUT2D eigenvalue weighted by molar-refractivity contribution is 4.79. The van der Waals surface area contributed by atoms with E-state index in [1.54, 1.807) is 0 Å². The largest absolute Gasteiger partial charge is 0.0651 e. The molecule has 1 rings (SSSR count). The molecule has 12 heavy (non-hydrogen) atoms. The first-order chi connectivity index (χ1) is 5.65. The molecule has 0 heteroatoms. The molecule has 0 nitrogen and oxygen atoms in total. The van der Waals surface area contributed by atoms with Crippen molar-refractivity contribution in [2.75, 3.05) is 0 Å². The van der Waals surface area contributed by atoms with E-state index in [9.17, 15) is 0 Å². The van der Waals surface area contributed by atoms with E-state index in [4.69, 9.17) is 0 Å². The predicted molar refractivity (Wildman–Crippen MR) is 55.1 cm³/mol. The summed E-state index contributed by atoms with van der Waals surface area (Å²) in [4.78, 5) is 0. The van der Waals surface area contributed by atoms with E-state index >= 15 is 0 Å². The maximum atomic E-state index is 2.44. The second kappa shape index (κ2) is 4.30. The number of hydrogen-bond donors (Lipinski definition) is 0. The van der Waals surface area contributed by atoms with Crippen molar-refractivity contribution in [3.8, 4) is 0 Å². The molecule has 1 saturated carbocycles. The average molecular weight is 168 g/mol. The quantitative estimate of drug-likeness (QED) is 0.582. The van der Waals surface area contributed by atoms with E-state index in [2.05, 4.69) is 27.7 Å². The molecule has 1 aliphatic carbocycles. The zero-order valence-corrected chi connectivity index (χ0v) is 9.14. The molecular weight excluding hydrogens is 144 g/mol. The Bertz CT molecular complexity index is 126. The second-order valence-corrected chi connectivity index (χ2v) is 4.97. The Kier molecular flexibility index (Phi) is 3.61. The van der Waals surface area contributed by atoms with Crippen LogP contribution in [0.4, 0.5) is 0 Å². The van der Waals surface area contributed by atoms with Crippen LogP contribution in [0.5, 0.6) is 0 Å². The van der Waals surface area contributed by atoms with Crippen molar-refractivity contribution in [2.45, 2.75) is 53.4 Å². The fourth-order valence-corrected chi connectivity index (χ4v) is 2.75.